The van der Waals surface area contributed by atoms with Gasteiger partial charge in [-0.15, -0.1) is 0 Å². The molecule has 0 aromatic heterocycles. The lowest BCUT2D eigenvalue weighted by molar-refractivity contribution is -0.138. The highest BCUT2D eigenvalue weighted by Crippen LogP contribution is 2.24. The zero-order valence-corrected chi connectivity index (χ0v) is 11.8. The fourth-order valence-electron chi connectivity index (χ4n) is 1.96. The predicted molar refractivity (Wildman–Crippen MR) is 78.1 cm³/mol. The third-order valence-corrected chi connectivity index (χ3v) is 3.16. The molecule has 2 aromatic carbocycles. The van der Waals surface area contributed by atoms with Crippen molar-refractivity contribution in [2.75, 3.05) is 12.4 Å². The van der Waals surface area contributed by atoms with Crippen molar-refractivity contribution in [1.82, 2.24) is 0 Å². The second-order valence-corrected chi connectivity index (χ2v) is 4.66. The molecule has 0 amide bonds. The highest BCUT2D eigenvalue weighted by Gasteiger charge is 2.20. The van der Waals surface area contributed by atoms with Gasteiger partial charge in [0.1, 0.15) is 11.6 Å². The molecule has 0 bridgehead atoms. The number of nitrogens with one attached hydrogen (secondary N) is 1. The summed E-state index contributed by atoms with van der Waals surface area (Å²) in [4.78, 5) is 11.4. The number of ether oxygens (including phenoxy) is 1. The van der Waals surface area contributed by atoms with Crippen LogP contribution in [-0.4, -0.2) is 18.2 Å². The minimum atomic E-state index is -1.08. The van der Waals surface area contributed by atoms with Crippen LogP contribution in [0.1, 0.15) is 17.2 Å². The maximum absolute atomic E-state index is 13.6. The van der Waals surface area contributed by atoms with E-state index in [2.05, 4.69) is 5.32 Å². The topological polar surface area (TPSA) is 58.6 Å². The van der Waals surface area contributed by atoms with Gasteiger partial charge in [-0.1, -0.05) is 18.2 Å². The summed E-state index contributed by atoms with van der Waals surface area (Å²) in [6.07, 6.45) is 0. The van der Waals surface area contributed by atoms with Crippen LogP contribution in [0.5, 0.6) is 5.75 Å². The first-order chi connectivity index (χ1) is 10.0. The van der Waals surface area contributed by atoms with Crippen molar-refractivity contribution in [2.45, 2.75) is 13.0 Å². The number of aliphatic carboxylic acids is 1. The Morgan fingerprint density at radius 1 is 1.29 bits per heavy atom. The van der Waals surface area contributed by atoms with E-state index in [4.69, 9.17) is 4.74 Å². The molecule has 5 heteroatoms. The van der Waals surface area contributed by atoms with Crippen molar-refractivity contribution >= 4 is 11.7 Å². The lowest BCUT2D eigenvalue weighted by Crippen LogP contribution is -2.20. The number of methoxy groups -OCH3 is 1. The number of benzene rings is 2. The minimum Gasteiger partial charge on any atom is -0.497 e. The Hall–Kier alpha value is -2.56. The lowest BCUT2D eigenvalue weighted by Gasteiger charge is -2.17. The van der Waals surface area contributed by atoms with Gasteiger partial charge in [0.05, 0.1) is 7.11 Å². The zero-order valence-electron chi connectivity index (χ0n) is 11.8. The summed E-state index contributed by atoms with van der Waals surface area (Å²) in [5, 5.41) is 12.2. The first-order valence-electron chi connectivity index (χ1n) is 6.40. The van der Waals surface area contributed by atoms with Crippen LogP contribution >= 0.6 is 0 Å². The Morgan fingerprint density at radius 2 is 2.05 bits per heavy atom. The number of hydrogen-bond acceptors (Lipinski definition) is 3. The normalized spacial score (nSPS) is 11.8. The second kappa shape index (κ2) is 6.26. The fraction of sp³-hybridized carbons (Fsp3) is 0.188. The molecule has 0 radical (unpaired) electrons. The summed E-state index contributed by atoms with van der Waals surface area (Å²) in [6.45, 7) is 1.63. The Morgan fingerprint density at radius 3 is 2.67 bits per heavy atom. The molecule has 0 aliphatic rings. The summed E-state index contributed by atoms with van der Waals surface area (Å²) in [5.74, 6) is -0.897. The maximum atomic E-state index is 13.6. The van der Waals surface area contributed by atoms with Crippen molar-refractivity contribution < 1.29 is 19.0 Å². The van der Waals surface area contributed by atoms with Crippen LogP contribution < -0.4 is 10.1 Å². The molecule has 0 heterocycles. The third-order valence-electron chi connectivity index (χ3n) is 3.16. The van der Waals surface area contributed by atoms with Crippen LogP contribution in [0.2, 0.25) is 0 Å². The van der Waals surface area contributed by atoms with Gasteiger partial charge < -0.3 is 15.2 Å². The predicted octanol–water partition coefficient (Wildman–Crippen LogP) is 3.38. The number of anilines is 1. The Bertz CT molecular complexity index is 658. The van der Waals surface area contributed by atoms with E-state index in [1.54, 1.807) is 43.3 Å². The van der Waals surface area contributed by atoms with Gasteiger partial charge in [0, 0.05) is 11.8 Å². The Balaban J connectivity index is 2.30. The third kappa shape index (κ3) is 3.51. The summed E-state index contributed by atoms with van der Waals surface area (Å²) in [5.41, 5.74) is 1.42. The molecule has 0 spiro atoms. The monoisotopic (exact) mass is 289 g/mol. The molecule has 21 heavy (non-hydrogen) atoms. The number of halogens is 1. The van der Waals surface area contributed by atoms with Crippen molar-refractivity contribution in [3.63, 3.8) is 0 Å². The molecule has 0 aliphatic carbocycles. The summed E-state index contributed by atoms with van der Waals surface area (Å²) >= 11 is 0. The molecule has 0 saturated heterocycles. The van der Waals surface area contributed by atoms with E-state index in [0.29, 0.717) is 22.6 Å². The molecular weight excluding hydrogens is 273 g/mol. The van der Waals surface area contributed by atoms with Crippen molar-refractivity contribution in [3.05, 3.63) is 59.4 Å². The molecular formula is C16H16FNO3. The van der Waals surface area contributed by atoms with Gasteiger partial charge in [-0.3, -0.25) is 0 Å². The maximum Gasteiger partial charge on any atom is 0.330 e. The molecule has 2 N–H and O–H groups in total. The smallest absolute Gasteiger partial charge is 0.330 e. The molecule has 0 saturated carbocycles. The summed E-state index contributed by atoms with van der Waals surface area (Å²) in [6, 6.07) is 10.3. The van der Waals surface area contributed by atoms with E-state index in [1.165, 1.54) is 13.2 Å². The molecule has 110 valence electrons. The van der Waals surface area contributed by atoms with Crippen LogP contribution in [-0.2, 0) is 4.79 Å². The first-order valence-corrected chi connectivity index (χ1v) is 6.40. The average molecular weight is 289 g/mol. The van der Waals surface area contributed by atoms with Gasteiger partial charge in [0.15, 0.2) is 6.04 Å². The van der Waals surface area contributed by atoms with E-state index in [9.17, 15) is 14.3 Å². The zero-order chi connectivity index (χ0) is 15.4. The molecule has 1 atom stereocenters. The largest absolute Gasteiger partial charge is 0.497 e. The van der Waals surface area contributed by atoms with E-state index in [0.717, 1.165) is 0 Å². The first kappa shape index (κ1) is 14.8. The quantitative estimate of drug-likeness (QED) is 0.886. The van der Waals surface area contributed by atoms with Gasteiger partial charge in [-0.2, -0.15) is 0 Å². The van der Waals surface area contributed by atoms with Crippen molar-refractivity contribution in [3.8, 4) is 5.75 Å². The number of carboxylic acids is 1. The molecule has 0 fully saturated rings. The van der Waals surface area contributed by atoms with E-state index >= 15 is 0 Å². The van der Waals surface area contributed by atoms with Crippen LogP contribution in [0.15, 0.2) is 42.5 Å². The Labute approximate surface area is 122 Å². The average Bonchev–Trinajstić information content (AvgIpc) is 2.47. The standard InChI is InChI=1S/C16H16FNO3/c1-10-6-7-11(8-14(10)17)15(16(19)20)18-12-4-3-5-13(9-12)21-2/h3-9,15,18H,1-2H3,(H,19,20). The molecule has 2 aromatic rings. The number of carbonyl (C=O) groups is 1. The van der Waals surface area contributed by atoms with Gasteiger partial charge in [0.2, 0.25) is 0 Å². The minimum absolute atomic E-state index is 0.355. The van der Waals surface area contributed by atoms with Crippen LogP contribution in [0.4, 0.5) is 10.1 Å². The van der Waals surface area contributed by atoms with Crippen molar-refractivity contribution in [2.24, 2.45) is 0 Å². The second-order valence-electron chi connectivity index (χ2n) is 4.66. The molecule has 0 aliphatic heterocycles. The van der Waals surface area contributed by atoms with E-state index in [-0.39, 0.29) is 0 Å². The fourth-order valence-corrected chi connectivity index (χ4v) is 1.96. The number of rotatable bonds is 5. The van der Waals surface area contributed by atoms with E-state index < -0.39 is 17.8 Å². The molecule has 1 unspecified atom stereocenters. The number of carboxylic acid groups (broad SMARTS) is 1. The van der Waals surface area contributed by atoms with Crippen LogP contribution in [0.3, 0.4) is 0 Å². The van der Waals surface area contributed by atoms with Crippen molar-refractivity contribution in [1.29, 1.82) is 0 Å². The SMILES string of the molecule is COc1cccc(NC(C(=O)O)c2ccc(C)c(F)c2)c1. The molecule has 2 rings (SSSR count). The number of aryl methyl sites for hydroxylation is 1. The lowest BCUT2D eigenvalue weighted by atomic mass is 10.0. The summed E-state index contributed by atoms with van der Waals surface area (Å²) < 4.78 is 18.7. The summed E-state index contributed by atoms with van der Waals surface area (Å²) in [7, 11) is 1.53. The Kier molecular flexibility index (Phi) is 4.42. The van der Waals surface area contributed by atoms with E-state index in [1.807, 2.05) is 0 Å². The van der Waals surface area contributed by atoms with Gasteiger partial charge in [-0.25, -0.2) is 9.18 Å². The highest BCUT2D eigenvalue weighted by atomic mass is 19.1. The van der Waals surface area contributed by atoms with Crippen LogP contribution in [0, 0.1) is 12.7 Å². The van der Waals surface area contributed by atoms with Gasteiger partial charge >= 0.3 is 5.97 Å². The number of hydrogen-bond donors (Lipinski definition) is 2. The van der Waals surface area contributed by atoms with Gasteiger partial charge in [-0.05, 0) is 36.2 Å². The highest BCUT2D eigenvalue weighted by molar-refractivity contribution is 5.79. The molecule has 4 nitrogen and oxygen atoms in total. The van der Waals surface area contributed by atoms with Crippen LogP contribution in [0.25, 0.3) is 0 Å². The van der Waals surface area contributed by atoms with Gasteiger partial charge in [0.25, 0.3) is 0 Å².